The molecule has 0 saturated carbocycles. The molecule has 84 valence electrons. The van der Waals surface area contributed by atoms with Crippen LogP contribution in [0.25, 0.3) is 0 Å². The summed E-state index contributed by atoms with van der Waals surface area (Å²) in [6, 6.07) is 0. The molecule has 1 aromatic heterocycles. The summed E-state index contributed by atoms with van der Waals surface area (Å²) in [6.07, 6.45) is 0.488. The summed E-state index contributed by atoms with van der Waals surface area (Å²) in [7, 11) is 0. The summed E-state index contributed by atoms with van der Waals surface area (Å²) < 4.78 is 0. The van der Waals surface area contributed by atoms with Gasteiger partial charge >= 0.3 is 0 Å². The average Bonchev–Trinajstić information content (AvgIpc) is 2.50. The highest BCUT2D eigenvalue weighted by atomic mass is 16.3. The Morgan fingerprint density at radius 2 is 2.27 bits per heavy atom. The number of hydrogen-bond acceptors (Lipinski definition) is 4. The highest BCUT2D eigenvalue weighted by Crippen LogP contribution is 2.07. The number of carbonyl (C=O) groups excluding carboxylic acids is 1. The van der Waals surface area contributed by atoms with Gasteiger partial charge in [0, 0.05) is 12.1 Å². The smallest absolute Gasteiger partial charge is 0.291 e. The van der Waals surface area contributed by atoms with Gasteiger partial charge in [-0.15, -0.1) is 5.10 Å². The SMILES string of the molecule is Cc1nc(C(=O)NC(C)(C)CCO)n[nH]1. The monoisotopic (exact) mass is 212 g/mol. The first-order valence-corrected chi connectivity index (χ1v) is 4.77. The van der Waals surface area contributed by atoms with Gasteiger partial charge < -0.3 is 10.4 Å². The quantitative estimate of drug-likeness (QED) is 0.655. The molecule has 0 aliphatic heterocycles. The fourth-order valence-corrected chi connectivity index (χ4v) is 1.15. The summed E-state index contributed by atoms with van der Waals surface area (Å²) >= 11 is 0. The second-order valence-corrected chi connectivity index (χ2v) is 4.06. The van der Waals surface area contributed by atoms with Gasteiger partial charge in [-0.1, -0.05) is 0 Å². The number of carbonyl (C=O) groups is 1. The molecule has 6 heteroatoms. The molecule has 0 fully saturated rings. The van der Waals surface area contributed by atoms with Crippen LogP contribution in [0.5, 0.6) is 0 Å². The summed E-state index contributed by atoms with van der Waals surface area (Å²) in [5, 5.41) is 17.9. The predicted molar refractivity (Wildman–Crippen MR) is 54.4 cm³/mol. The predicted octanol–water partition coefficient (Wildman–Crippen LogP) is 0.00392. The zero-order valence-electron chi connectivity index (χ0n) is 9.16. The highest BCUT2D eigenvalue weighted by Gasteiger charge is 2.22. The van der Waals surface area contributed by atoms with E-state index in [1.54, 1.807) is 6.92 Å². The minimum Gasteiger partial charge on any atom is -0.396 e. The van der Waals surface area contributed by atoms with E-state index in [0.717, 1.165) is 0 Å². The second kappa shape index (κ2) is 4.39. The van der Waals surface area contributed by atoms with Crippen molar-refractivity contribution in [2.24, 2.45) is 0 Å². The fraction of sp³-hybridized carbons (Fsp3) is 0.667. The standard InChI is InChI=1S/C9H16N4O2/c1-6-10-7(13-12-6)8(15)11-9(2,3)4-5-14/h14H,4-5H2,1-3H3,(H,11,15)(H,10,12,13). The van der Waals surface area contributed by atoms with E-state index in [1.807, 2.05) is 13.8 Å². The number of aromatic amines is 1. The van der Waals surface area contributed by atoms with Gasteiger partial charge in [0.25, 0.3) is 5.91 Å². The number of nitrogens with zero attached hydrogens (tertiary/aromatic N) is 2. The second-order valence-electron chi connectivity index (χ2n) is 4.06. The number of aromatic nitrogens is 3. The molecule has 1 rings (SSSR count). The van der Waals surface area contributed by atoms with Crippen molar-refractivity contribution in [3.63, 3.8) is 0 Å². The van der Waals surface area contributed by atoms with Crippen LogP contribution in [0, 0.1) is 6.92 Å². The van der Waals surface area contributed by atoms with Gasteiger partial charge in [-0.2, -0.15) is 0 Å². The van der Waals surface area contributed by atoms with E-state index in [-0.39, 0.29) is 18.3 Å². The molecule has 1 heterocycles. The van der Waals surface area contributed by atoms with Crippen LogP contribution in [0.15, 0.2) is 0 Å². The van der Waals surface area contributed by atoms with E-state index in [0.29, 0.717) is 12.2 Å². The average molecular weight is 212 g/mol. The topological polar surface area (TPSA) is 90.9 Å². The van der Waals surface area contributed by atoms with Crippen molar-refractivity contribution >= 4 is 5.91 Å². The van der Waals surface area contributed by atoms with Crippen LogP contribution >= 0.6 is 0 Å². The number of H-pyrrole nitrogens is 1. The molecule has 1 aromatic rings. The van der Waals surface area contributed by atoms with Crippen LogP contribution in [-0.4, -0.2) is 38.3 Å². The number of aryl methyl sites for hydroxylation is 1. The van der Waals surface area contributed by atoms with Gasteiger partial charge in [-0.3, -0.25) is 9.89 Å². The summed E-state index contributed by atoms with van der Waals surface area (Å²) in [6.45, 7) is 5.42. The number of rotatable bonds is 4. The molecular weight excluding hydrogens is 196 g/mol. The van der Waals surface area contributed by atoms with Crippen LogP contribution in [-0.2, 0) is 0 Å². The maximum atomic E-state index is 11.6. The largest absolute Gasteiger partial charge is 0.396 e. The van der Waals surface area contributed by atoms with E-state index in [2.05, 4.69) is 20.5 Å². The normalized spacial score (nSPS) is 11.5. The lowest BCUT2D eigenvalue weighted by Crippen LogP contribution is -2.44. The van der Waals surface area contributed by atoms with Gasteiger partial charge in [-0.25, -0.2) is 4.98 Å². The third-order valence-electron chi connectivity index (χ3n) is 1.99. The number of hydrogen-bond donors (Lipinski definition) is 3. The van der Waals surface area contributed by atoms with E-state index in [4.69, 9.17) is 5.11 Å². The molecule has 15 heavy (non-hydrogen) atoms. The molecule has 0 aromatic carbocycles. The van der Waals surface area contributed by atoms with E-state index < -0.39 is 5.54 Å². The van der Waals surface area contributed by atoms with Gasteiger partial charge in [0.15, 0.2) is 0 Å². The maximum Gasteiger partial charge on any atom is 0.291 e. The fourth-order valence-electron chi connectivity index (χ4n) is 1.15. The van der Waals surface area contributed by atoms with Gasteiger partial charge in [0.2, 0.25) is 5.82 Å². The summed E-state index contributed by atoms with van der Waals surface area (Å²) in [5.41, 5.74) is -0.458. The van der Waals surface area contributed by atoms with Gasteiger partial charge in [0.1, 0.15) is 5.82 Å². The molecule has 3 N–H and O–H groups in total. The van der Waals surface area contributed by atoms with Crippen molar-refractivity contribution in [1.29, 1.82) is 0 Å². The number of aliphatic hydroxyl groups is 1. The maximum absolute atomic E-state index is 11.6. The molecule has 0 unspecified atom stereocenters. The lowest BCUT2D eigenvalue weighted by atomic mass is 10.0. The third kappa shape index (κ3) is 3.32. The van der Waals surface area contributed by atoms with E-state index in [1.165, 1.54) is 0 Å². The van der Waals surface area contributed by atoms with Crippen molar-refractivity contribution in [2.45, 2.75) is 32.7 Å². The molecular formula is C9H16N4O2. The number of nitrogens with one attached hydrogen (secondary N) is 2. The summed E-state index contributed by atoms with van der Waals surface area (Å²) in [4.78, 5) is 15.5. The molecule has 0 radical (unpaired) electrons. The Morgan fingerprint density at radius 1 is 1.60 bits per heavy atom. The minimum atomic E-state index is -0.458. The number of amides is 1. The summed E-state index contributed by atoms with van der Waals surface area (Å²) in [5.74, 6) is 0.386. The number of aliphatic hydroxyl groups excluding tert-OH is 1. The van der Waals surface area contributed by atoms with Crippen LogP contribution in [0.3, 0.4) is 0 Å². The Hall–Kier alpha value is -1.43. The zero-order valence-corrected chi connectivity index (χ0v) is 9.16. The van der Waals surface area contributed by atoms with Crippen LogP contribution in [0.4, 0.5) is 0 Å². The molecule has 0 aliphatic carbocycles. The third-order valence-corrected chi connectivity index (χ3v) is 1.99. The molecule has 0 aliphatic rings. The Bertz CT molecular complexity index is 346. The molecule has 6 nitrogen and oxygen atoms in total. The van der Waals surface area contributed by atoms with Crippen molar-refractivity contribution < 1.29 is 9.90 Å². The molecule has 0 saturated heterocycles. The Balaban J connectivity index is 2.63. The van der Waals surface area contributed by atoms with E-state index >= 15 is 0 Å². The van der Waals surface area contributed by atoms with Crippen molar-refractivity contribution in [2.75, 3.05) is 6.61 Å². The Labute approximate surface area is 88.1 Å². The lowest BCUT2D eigenvalue weighted by molar-refractivity contribution is 0.0889. The van der Waals surface area contributed by atoms with Crippen molar-refractivity contribution in [3.8, 4) is 0 Å². The molecule has 0 bridgehead atoms. The minimum absolute atomic E-state index is 0.0281. The molecule has 0 spiro atoms. The van der Waals surface area contributed by atoms with Gasteiger partial charge in [-0.05, 0) is 27.2 Å². The van der Waals surface area contributed by atoms with Crippen LogP contribution in [0.2, 0.25) is 0 Å². The van der Waals surface area contributed by atoms with Crippen LogP contribution in [0.1, 0.15) is 36.7 Å². The molecule has 0 atom stereocenters. The van der Waals surface area contributed by atoms with Crippen molar-refractivity contribution in [1.82, 2.24) is 20.5 Å². The first-order valence-electron chi connectivity index (χ1n) is 4.77. The Kier molecular flexibility index (Phi) is 3.41. The van der Waals surface area contributed by atoms with E-state index in [9.17, 15) is 4.79 Å². The molecule has 1 amide bonds. The zero-order chi connectivity index (χ0) is 11.5. The first kappa shape index (κ1) is 11.6. The first-order chi connectivity index (χ1) is 6.94. The Morgan fingerprint density at radius 3 is 2.73 bits per heavy atom. The highest BCUT2D eigenvalue weighted by molar-refractivity contribution is 5.90. The lowest BCUT2D eigenvalue weighted by Gasteiger charge is -2.24. The van der Waals surface area contributed by atoms with Gasteiger partial charge in [0.05, 0.1) is 0 Å². The van der Waals surface area contributed by atoms with Crippen LogP contribution < -0.4 is 5.32 Å². The van der Waals surface area contributed by atoms with Crippen molar-refractivity contribution in [3.05, 3.63) is 11.6 Å².